The van der Waals surface area contributed by atoms with Gasteiger partial charge in [-0.1, -0.05) is 0 Å². The van der Waals surface area contributed by atoms with E-state index in [0.29, 0.717) is 12.8 Å². The summed E-state index contributed by atoms with van der Waals surface area (Å²) >= 11 is 0. The molecule has 1 atom stereocenters. The molecule has 3 N–H and O–H groups in total. The van der Waals surface area contributed by atoms with E-state index in [4.69, 9.17) is 10.6 Å². The second-order valence-electron chi connectivity index (χ2n) is 3.80. The smallest absolute Gasteiger partial charge is 0.402 e. The average Bonchev–Trinajstić information content (AvgIpc) is 2.23. The number of hydrazine groups is 1. The molecular formula is C9H12F6N2O. The number of hydrogen-bond acceptors (Lipinski definition) is 3. The fourth-order valence-corrected chi connectivity index (χ4v) is 1.70. The summed E-state index contributed by atoms with van der Waals surface area (Å²) in [5.41, 5.74) is 1.55. The predicted octanol–water partition coefficient (Wildman–Crippen LogP) is 2.25. The molecule has 0 amide bonds. The quantitative estimate of drug-likeness (QED) is 0.473. The predicted molar refractivity (Wildman–Crippen MR) is 50.0 cm³/mol. The van der Waals surface area contributed by atoms with Crippen LogP contribution in [0.15, 0.2) is 11.8 Å². The molecule has 0 saturated heterocycles. The van der Waals surface area contributed by atoms with Gasteiger partial charge in [0.05, 0.1) is 12.6 Å². The zero-order valence-electron chi connectivity index (χ0n) is 9.11. The number of nitrogens with two attached hydrogens (primary N) is 1. The zero-order chi connectivity index (χ0) is 14.0. The molecule has 0 spiro atoms. The van der Waals surface area contributed by atoms with Gasteiger partial charge in [-0.05, 0) is 18.9 Å². The molecule has 1 aliphatic heterocycles. The van der Waals surface area contributed by atoms with Crippen LogP contribution in [0.4, 0.5) is 26.3 Å². The molecule has 18 heavy (non-hydrogen) atoms. The minimum atomic E-state index is -5.46. The van der Waals surface area contributed by atoms with Crippen LogP contribution in [0.5, 0.6) is 0 Å². The van der Waals surface area contributed by atoms with Crippen molar-refractivity contribution in [2.45, 2.75) is 31.2 Å². The largest absolute Gasteiger partial charge is 0.497 e. The highest BCUT2D eigenvalue weighted by Gasteiger charge is 2.61. The monoisotopic (exact) mass is 278 g/mol. The van der Waals surface area contributed by atoms with Crippen molar-refractivity contribution >= 4 is 0 Å². The maximum Gasteiger partial charge on any atom is 0.402 e. The van der Waals surface area contributed by atoms with Gasteiger partial charge in [-0.15, -0.1) is 0 Å². The van der Waals surface area contributed by atoms with E-state index in [9.17, 15) is 26.3 Å². The molecule has 0 saturated carbocycles. The number of alkyl halides is 6. The van der Waals surface area contributed by atoms with Crippen LogP contribution in [-0.4, -0.2) is 25.0 Å². The number of nitrogens with one attached hydrogen (secondary N) is 1. The van der Waals surface area contributed by atoms with Crippen LogP contribution in [0.25, 0.3) is 0 Å². The lowest BCUT2D eigenvalue weighted by atomic mass is 9.95. The second-order valence-corrected chi connectivity index (χ2v) is 3.80. The highest BCUT2D eigenvalue weighted by atomic mass is 19.4. The Hall–Kier alpha value is -0.960. The van der Waals surface area contributed by atoms with Gasteiger partial charge in [0.2, 0.25) is 0 Å². The summed E-state index contributed by atoms with van der Waals surface area (Å²) in [6.45, 7) is 0.0758. The van der Waals surface area contributed by atoms with E-state index in [0.717, 1.165) is 0 Å². The Morgan fingerprint density at radius 3 is 2.06 bits per heavy atom. The number of ether oxygens (including phenoxy) is 1. The van der Waals surface area contributed by atoms with Crippen LogP contribution in [0.2, 0.25) is 0 Å². The van der Waals surface area contributed by atoms with Gasteiger partial charge < -0.3 is 4.74 Å². The summed E-state index contributed by atoms with van der Waals surface area (Å²) in [4.78, 5) is 0. The van der Waals surface area contributed by atoms with E-state index in [1.807, 2.05) is 0 Å². The van der Waals surface area contributed by atoms with Crippen molar-refractivity contribution in [1.29, 1.82) is 0 Å². The van der Waals surface area contributed by atoms with E-state index in [1.54, 1.807) is 5.43 Å². The third kappa shape index (κ3) is 3.52. The van der Waals surface area contributed by atoms with Crippen molar-refractivity contribution in [3.05, 3.63) is 11.8 Å². The average molecular weight is 278 g/mol. The molecule has 1 heterocycles. The summed E-state index contributed by atoms with van der Waals surface area (Å²) in [6, 6.07) is -2.16. The fourth-order valence-electron chi connectivity index (χ4n) is 1.70. The van der Waals surface area contributed by atoms with Crippen molar-refractivity contribution < 1.29 is 31.1 Å². The first-order valence-corrected chi connectivity index (χ1v) is 5.10. The lowest BCUT2D eigenvalue weighted by Crippen LogP contribution is -2.54. The maximum absolute atomic E-state index is 12.5. The molecule has 0 aromatic heterocycles. The van der Waals surface area contributed by atoms with Crippen molar-refractivity contribution in [3.8, 4) is 0 Å². The van der Waals surface area contributed by atoms with E-state index in [-0.39, 0.29) is 6.61 Å². The van der Waals surface area contributed by atoms with Crippen LogP contribution in [0.3, 0.4) is 0 Å². The molecule has 0 bridgehead atoms. The minimum absolute atomic E-state index is 0.0758. The SMILES string of the molecule is NNC(C1=CCCCO1)C(C(F)(F)F)C(F)(F)F. The number of hydrogen-bond donors (Lipinski definition) is 2. The van der Waals surface area contributed by atoms with Crippen molar-refractivity contribution in [2.24, 2.45) is 11.8 Å². The molecule has 0 radical (unpaired) electrons. The van der Waals surface area contributed by atoms with Gasteiger partial charge in [-0.2, -0.15) is 26.3 Å². The molecule has 0 fully saturated rings. The van der Waals surface area contributed by atoms with Crippen LogP contribution in [0, 0.1) is 5.92 Å². The minimum Gasteiger partial charge on any atom is -0.497 e. The standard InChI is InChI=1S/C9H12F6N2O/c10-8(11,12)7(9(13,14)15)6(17-16)5-3-1-2-4-18-5/h3,6-7,17H,1-2,4,16H2. The molecule has 1 unspecified atom stereocenters. The first kappa shape index (κ1) is 15.1. The molecule has 1 rings (SSSR count). The van der Waals surface area contributed by atoms with Crippen LogP contribution in [0.1, 0.15) is 12.8 Å². The topological polar surface area (TPSA) is 47.3 Å². The molecule has 0 aromatic carbocycles. The molecular weight excluding hydrogens is 266 g/mol. The van der Waals surface area contributed by atoms with Crippen molar-refractivity contribution in [3.63, 3.8) is 0 Å². The van der Waals surface area contributed by atoms with E-state index in [1.165, 1.54) is 6.08 Å². The lowest BCUT2D eigenvalue weighted by molar-refractivity contribution is -0.291. The Labute approximate surface area is 98.9 Å². The van der Waals surface area contributed by atoms with E-state index >= 15 is 0 Å². The normalized spacial score (nSPS) is 19.4. The van der Waals surface area contributed by atoms with Gasteiger partial charge in [0.15, 0.2) is 5.92 Å². The summed E-state index contributed by atoms with van der Waals surface area (Å²) in [7, 11) is 0. The second kappa shape index (κ2) is 5.35. The third-order valence-corrected chi connectivity index (χ3v) is 2.49. The first-order chi connectivity index (χ1) is 8.18. The van der Waals surface area contributed by atoms with Gasteiger partial charge in [-0.25, -0.2) is 5.43 Å². The van der Waals surface area contributed by atoms with Crippen LogP contribution in [-0.2, 0) is 4.74 Å². The number of rotatable bonds is 3. The van der Waals surface area contributed by atoms with Crippen LogP contribution >= 0.6 is 0 Å². The summed E-state index contributed by atoms with van der Waals surface area (Å²) in [6.07, 6.45) is -8.83. The summed E-state index contributed by atoms with van der Waals surface area (Å²) < 4.78 is 79.9. The van der Waals surface area contributed by atoms with Gasteiger partial charge in [0, 0.05) is 0 Å². The Balaban J connectivity index is 3.05. The third-order valence-electron chi connectivity index (χ3n) is 2.49. The Morgan fingerprint density at radius 1 is 1.17 bits per heavy atom. The van der Waals surface area contributed by atoms with Gasteiger partial charge in [0.1, 0.15) is 5.76 Å². The molecule has 0 aromatic rings. The molecule has 3 nitrogen and oxygen atoms in total. The first-order valence-electron chi connectivity index (χ1n) is 5.10. The van der Waals surface area contributed by atoms with Gasteiger partial charge in [0.25, 0.3) is 0 Å². The lowest BCUT2D eigenvalue weighted by Gasteiger charge is -2.32. The molecule has 0 aliphatic carbocycles. The number of allylic oxidation sites excluding steroid dienone is 1. The Kier molecular flexibility index (Phi) is 4.49. The summed E-state index contributed by atoms with van der Waals surface area (Å²) in [5, 5.41) is 0. The van der Waals surface area contributed by atoms with Crippen molar-refractivity contribution in [1.82, 2.24) is 5.43 Å². The molecule has 9 heteroatoms. The molecule has 106 valence electrons. The fraction of sp³-hybridized carbons (Fsp3) is 0.778. The van der Waals surface area contributed by atoms with Gasteiger partial charge in [-0.3, -0.25) is 5.84 Å². The van der Waals surface area contributed by atoms with Gasteiger partial charge >= 0.3 is 12.4 Å². The Bertz CT molecular complexity index is 297. The van der Waals surface area contributed by atoms with Crippen LogP contribution < -0.4 is 11.3 Å². The maximum atomic E-state index is 12.5. The Morgan fingerprint density at radius 2 is 1.72 bits per heavy atom. The summed E-state index contributed by atoms with van der Waals surface area (Å²) in [5.74, 6) is 0.816. The zero-order valence-corrected chi connectivity index (χ0v) is 9.11. The highest BCUT2D eigenvalue weighted by molar-refractivity contribution is 5.10. The van der Waals surface area contributed by atoms with E-state index < -0.39 is 30.1 Å². The van der Waals surface area contributed by atoms with E-state index in [2.05, 4.69) is 0 Å². The number of halogens is 6. The van der Waals surface area contributed by atoms with Crippen molar-refractivity contribution in [2.75, 3.05) is 6.61 Å². The molecule has 1 aliphatic rings. The highest BCUT2D eigenvalue weighted by Crippen LogP contribution is 2.43.